The monoisotopic (exact) mass is 222 g/mol. The zero-order valence-corrected chi connectivity index (χ0v) is 9.16. The molecule has 1 aromatic heterocycles. The first-order valence-electron chi connectivity index (χ1n) is 5.45. The molecule has 4 heteroatoms. The molecule has 2 rings (SSSR count). The fraction of sp³-hybridized carbons (Fsp3) is 0.500. The van der Waals surface area contributed by atoms with Gasteiger partial charge in [0.1, 0.15) is 17.1 Å². The van der Waals surface area contributed by atoms with Crippen LogP contribution >= 0.6 is 0 Å². The van der Waals surface area contributed by atoms with Crippen molar-refractivity contribution < 1.29 is 14.3 Å². The minimum Gasteiger partial charge on any atom is -0.507 e. The van der Waals surface area contributed by atoms with Crippen LogP contribution in [0.2, 0.25) is 0 Å². The summed E-state index contributed by atoms with van der Waals surface area (Å²) in [6.07, 6.45) is 3.45. The quantitative estimate of drug-likeness (QED) is 0.791. The maximum absolute atomic E-state index is 11.7. The van der Waals surface area contributed by atoms with Crippen LogP contribution in [0.3, 0.4) is 0 Å². The molecule has 1 aliphatic carbocycles. The Bertz CT molecular complexity index is 468. The molecule has 0 atom stereocenters. The Hall–Kier alpha value is -1.58. The number of hydrogen-bond donors (Lipinski definition) is 1. The lowest BCUT2D eigenvalue weighted by Gasteiger charge is -2.02. The number of carbonyl (C=O) groups excluding carboxylic acids is 1. The van der Waals surface area contributed by atoms with Crippen molar-refractivity contribution in [2.24, 2.45) is 5.92 Å². The molecule has 0 aromatic carbocycles. The van der Waals surface area contributed by atoms with Gasteiger partial charge in [-0.1, -0.05) is 12.8 Å². The second-order valence-electron chi connectivity index (χ2n) is 4.31. The minimum absolute atomic E-state index is 0.203. The molecule has 0 amide bonds. The molecule has 0 bridgehead atoms. The van der Waals surface area contributed by atoms with Crippen molar-refractivity contribution in [1.29, 1.82) is 0 Å². The average Bonchev–Trinajstić information content (AvgIpc) is 2.96. The first-order chi connectivity index (χ1) is 7.58. The van der Waals surface area contributed by atoms with Gasteiger partial charge in [-0.2, -0.15) is 0 Å². The third-order valence-corrected chi connectivity index (χ3v) is 2.81. The van der Waals surface area contributed by atoms with Crippen molar-refractivity contribution in [1.82, 2.24) is 0 Å². The van der Waals surface area contributed by atoms with E-state index in [0.717, 1.165) is 6.42 Å². The Morgan fingerprint density at radius 3 is 2.81 bits per heavy atom. The summed E-state index contributed by atoms with van der Waals surface area (Å²) in [5.74, 6) is 0.345. The third-order valence-electron chi connectivity index (χ3n) is 2.81. The number of Topliss-reactive ketones (excluding diaryl/α,β-unsaturated/α-hetero) is 1. The van der Waals surface area contributed by atoms with Gasteiger partial charge < -0.3 is 9.52 Å². The fourth-order valence-corrected chi connectivity index (χ4v) is 1.72. The first kappa shape index (κ1) is 10.9. The predicted molar refractivity (Wildman–Crippen MR) is 57.7 cm³/mol. The van der Waals surface area contributed by atoms with E-state index in [1.165, 1.54) is 18.9 Å². The van der Waals surface area contributed by atoms with Gasteiger partial charge in [-0.25, -0.2) is 4.79 Å². The van der Waals surface area contributed by atoms with Gasteiger partial charge in [0.05, 0.1) is 0 Å². The van der Waals surface area contributed by atoms with E-state index in [9.17, 15) is 14.7 Å². The largest absolute Gasteiger partial charge is 0.507 e. The molecule has 16 heavy (non-hydrogen) atoms. The van der Waals surface area contributed by atoms with E-state index in [2.05, 4.69) is 0 Å². The highest BCUT2D eigenvalue weighted by Crippen LogP contribution is 2.34. The van der Waals surface area contributed by atoms with Crippen molar-refractivity contribution in [2.45, 2.75) is 32.6 Å². The van der Waals surface area contributed by atoms with Crippen LogP contribution in [0.4, 0.5) is 0 Å². The molecular formula is C12H14O4. The molecule has 86 valence electrons. The third kappa shape index (κ3) is 2.32. The standard InChI is InChI=1S/C12H14O4/c1-7-6-10(14)11(12(15)16-7)9(13)5-4-8-2-3-8/h6,8,14H,2-5H2,1H3. The SMILES string of the molecule is Cc1cc(O)c(C(=O)CCC2CC2)c(=O)o1. The van der Waals surface area contributed by atoms with E-state index in [0.29, 0.717) is 18.1 Å². The molecule has 1 saturated carbocycles. The van der Waals surface area contributed by atoms with Crippen molar-refractivity contribution in [2.75, 3.05) is 0 Å². The van der Waals surface area contributed by atoms with Crippen molar-refractivity contribution in [3.05, 3.63) is 27.8 Å². The number of hydrogen-bond acceptors (Lipinski definition) is 4. The first-order valence-corrected chi connectivity index (χ1v) is 5.45. The van der Waals surface area contributed by atoms with Crippen LogP contribution in [0.5, 0.6) is 5.75 Å². The Morgan fingerprint density at radius 2 is 2.25 bits per heavy atom. The van der Waals surface area contributed by atoms with Gasteiger partial charge in [-0.15, -0.1) is 0 Å². The Morgan fingerprint density at radius 1 is 1.56 bits per heavy atom. The number of ketones is 1. The molecule has 4 nitrogen and oxygen atoms in total. The van der Waals surface area contributed by atoms with E-state index in [1.807, 2.05) is 0 Å². The van der Waals surface area contributed by atoms with Crippen LogP contribution in [0.15, 0.2) is 15.3 Å². The van der Waals surface area contributed by atoms with E-state index in [-0.39, 0.29) is 17.1 Å². The van der Waals surface area contributed by atoms with Gasteiger partial charge in [0.15, 0.2) is 5.78 Å². The van der Waals surface area contributed by atoms with Crippen LogP contribution in [0.25, 0.3) is 0 Å². The average molecular weight is 222 g/mol. The molecule has 1 aromatic rings. The minimum atomic E-state index is -0.738. The molecule has 1 aliphatic rings. The lowest BCUT2D eigenvalue weighted by atomic mass is 10.1. The van der Waals surface area contributed by atoms with E-state index in [4.69, 9.17) is 4.42 Å². The summed E-state index contributed by atoms with van der Waals surface area (Å²) in [5, 5.41) is 9.54. The molecular weight excluding hydrogens is 208 g/mol. The number of aromatic hydroxyl groups is 1. The summed E-state index contributed by atoms with van der Waals surface area (Å²) in [6.45, 7) is 1.56. The normalized spacial score (nSPS) is 15.1. The molecule has 0 spiro atoms. The molecule has 0 aliphatic heterocycles. The smallest absolute Gasteiger partial charge is 0.350 e. The molecule has 1 fully saturated rings. The Labute approximate surface area is 92.9 Å². The van der Waals surface area contributed by atoms with Crippen LogP contribution in [-0.2, 0) is 0 Å². The fourth-order valence-electron chi connectivity index (χ4n) is 1.72. The van der Waals surface area contributed by atoms with Gasteiger partial charge in [0.25, 0.3) is 0 Å². The zero-order chi connectivity index (χ0) is 11.7. The highest BCUT2D eigenvalue weighted by molar-refractivity contribution is 5.98. The van der Waals surface area contributed by atoms with E-state index >= 15 is 0 Å². The molecule has 0 saturated heterocycles. The second kappa shape index (κ2) is 4.12. The van der Waals surface area contributed by atoms with Gasteiger partial charge >= 0.3 is 5.63 Å². The second-order valence-corrected chi connectivity index (χ2v) is 4.31. The Balaban J connectivity index is 2.18. The molecule has 0 radical (unpaired) electrons. The van der Waals surface area contributed by atoms with Gasteiger partial charge in [0.2, 0.25) is 0 Å². The van der Waals surface area contributed by atoms with Crippen LogP contribution in [0.1, 0.15) is 41.8 Å². The van der Waals surface area contributed by atoms with E-state index in [1.54, 1.807) is 6.92 Å². The molecule has 1 N–H and O–H groups in total. The van der Waals surface area contributed by atoms with Crippen molar-refractivity contribution in [3.8, 4) is 5.75 Å². The van der Waals surface area contributed by atoms with Gasteiger partial charge in [-0.05, 0) is 19.3 Å². The summed E-state index contributed by atoms with van der Waals surface area (Å²) in [7, 11) is 0. The predicted octanol–water partition coefficient (Wildman–Crippen LogP) is 2.03. The summed E-state index contributed by atoms with van der Waals surface area (Å²) < 4.78 is 4.80. The topological polar surface area (TPSA) is 67.5 Å². The van der Waals surface area contributed by atoms with Crippen LogP contribution < -0.4 is 5.63 Å². The van der Waals surface area contributed by atoms with Gasteiger partial charge in [-0.3, -0.25) is 4.79 Å². The molecule has 1 heterocycles. The summed E-state index contributed by atoms with van der Waals surface area (Å²) in [4.78, 5) is 23.1. The maximum atomic E-state index is 11.7. The summed E-state index contributed by atoms with van der Waals surface area (Å²) in [5.41, 5.74) is -0.940. The summed E-state index contributed by atoms with van der Waals surface area (Å²) in [6, 6.07) is 1.30. The van der Waals surface area contributed by atoms with Crippen molar-refractivity contribution >= 4 is 5.78 Å². The van der Waals surface area contributed by atoms with Crippen molar-refractivity contribution in [3.63, 3.8) is 0 Å². The van der Waals surface area contributed by atoms with Crippen LogP contribution in [-0.4, -0.2) is 10.9 Å². The highest BCUT2D eigenvalue weighted by atomic mass is 16.4. The molecule has 0 unspecified atom stereocenters. The lowest BCUT2D eigenvalue weighted by molar-refractivity contribution is 0.0971. The maximum Gasteiger partial charge on any atom is 0.350 e. The number of carbonyl (C=O) groups is 1. The Kier molecular flexibility index (Phi) is 2.81. The number of aryl methyl sites for hydroxylation is 1. The zero-order valence-electron chi connectivity index (χ0n) is 9.16. The highest BCUT2D eigenvalue weighted by Gasteiger charge is 2.24. The van der Waals surface area contributed by atoms with E-state index < -0.39 is 5.63 Å². The number of rotatable bonds is 4. The van der Waals surface area contributed by atoms with Crippen LogP contribution in [0, 0.1) is 12.8 Å². The summed E-state index contributed by atoms with van der Waals surface area (Å²) >= 11 is 0. The van der Waals surface area contributed by atoms with Gasteiger partial charge in [0, 0.05) is 12.5 Å². The lowest BCUT2D eigenvalue weighted by Crippen LogP contribution is -2.14.